The van der Waals surface area contributed by atoms with E-state index in [-0.39, 0.29) is 0 Å². The molecule has 0 aliphatic heterocycles. The maximum Gasteiger partial charge on any atom is 0.164 e. The second-order valence-corrected chi connectivity index (χ2v) is 13.4. The van der Waals surface area contributed by atoms with Crippen molar-refractivity contribution in [1.82, 2.24) is 19.9 Å². The highest BCUT2D eigenvalue weighted by molar-refractivity contribution is 6.20. The van der Waals surface area contributed by atoms with Crippen molar-refractivity contribution in [2.24, 2.45) is 0 Å². The Kier molecular flexibility index (Phi) is 6.22. The molecule has 0 atom stereocenters. The van der Waals surface area contributed by atoms with Gasteiger partial charge in [0, 0.05) is 33.7 Å². The lowest BCUT2D eigenvalue weighted by Gasteiger charge is -2.13. The number of hydrogen-bond donors (Lipinski definition) is 0. The highest BCUT2D eigenvalue weighted by atomic mass is 15.0. The summed E-state index contributed by atoms with van der Waals surface area (Å²) in [5, 5.41) is 8.39. The van der Waals surface area contributed by atoms with E-state index in [9.17, 15) is 0 Å². The van der Waals surface area contributed by atoms with Gasteiger partial charge in [0.15, 0.2) is 17.5 Å². The van der Waals surface area contributed by atoms with Gasteiger partial charge in [-0.3, -0.25) is 4.98 Å². The van der Waals surface area contributed by atoms with Gasteiger partial charge in [0.2, 0.25) is 0 Å². The molecule has 0 fully saturated rings. The first-order chi connectivity index (χ1) is 25.8. The lowest BCUT2D eigenvalue weighted by atomic mass is 9.92. The minimum Gasteiger partial charge on any atom is -0.256 e. The Morgan fingerprint density at radius 1 is 0.308 bits per heavy atom. The molecule has 0 saturated carbocycles. The van der Waals surface area contributed by atoms with E-state index < -0.39 is 0 Å². The van der Waals surface area contributed by atoms with E-state index in [0.717, 1.165) is 38.5 Å². The topological polar surface area (TPSA) is 51.6 Å². The van der Waals surface area contributed by atoms with E-state index in [0.29, 0.717) is 17.5 Å². The Morgan fingerprint density at radius 2 is 0.904 bits per heavy atom. The summed E-state index contributed by atoms with van der Waals surface area (Å²) in [6.07, 6.45) is 1.87. The number of benzene rings is 8. The van der Waals surface area contributed by atoms with E-state index in [4.69, 9.17) is 19.9 Å². The van der Waals surface area contributed by atoms with E-state index >= 15 is 0 Å². The molecule has 4 nitrogen and oxygen atoms in total. The Balaban J connectivity index is 1.06. The number of pyridine rings is 1. The van der Waals surface area contributed by atoms with Gasteiger partial charge in [0.25, 0.3) is 0 Å². The molecule has 0 spiro atoms. The van der Waals surface area contributed by atoms with Gasteiger partial charge in [0.1, 0.15) is 0 Å². The zero-order chi connectivity index (χ0) is 34.2. The number of nitrogens with zero attached hydrogens (tertiary/aromatic N) is 4. The summed E-state index contributed by atoms with van der Waals surface area (Å²) in [6.45, 7) is 0. The summed E-state index contributed by atoms with van der Waals surface area (Å²) in [6, 6.07) is 57.9. The van der Waals surface area contributed by atoms with Gasteiger partial charge in [-0.15, -0.1) is 0 Å². The molecule has 10 aromatic rings. The molecular weight excluding hydrogens is 633 g/mol. The quantitative estimate of drug-likeness (QED) is 0.176. The molecule has 4 heteroatoms. The van der Waals surface area contributed by atoms with Crippen LogP contribution in [0, 0.1) is 0 Å². The molecule has 0 radical (unpaired) electrons. The van der Waals surface area contributed by atoms with Crippen molar-refractivity contribution < 1.29 is 0 Å². The monoisotopic (exact) mass is 660 g/mol. The normalized spacial score (nSPS) is 11.8. The third-order valence-electron chi connectivity index (χ3n) is 10.5. The number of aromatic nitrogens is 4. The predicted molar refractivity (Wildman–Crippen MR) is 214 cm³/mol. The third-order valence-corrected chi connectivity index (χ3v) is 10.5. The fourth-order valence-electron chi connectivity index (χ4n) is 8.07. The van der Waals surface area contributed by atoms with Gasteiger partial charge in [0.05, 0.1) is 5.52 Å². The second kappa shape index (κ2) is 11.2. The number of rotatable bonds is 4. The lowest BCUT2D eigenvalue weighted by Crippen LogP contribution is -2.00. The minimum atomic E-state index is 0.641. The van der Waals surface area contributed by atoms with Crippen molar-refractivity contribution in [3.63, 3.8) is 0 Å². The molecule has 52 heavy (non-hydrogen) atoms. The van der Waals surface area contributed by atoms with Crippen LogP contribution in [0.2, 0.25) is 0 Å². The maximum absolute atomic E-state index is 5.15. The van der Waals surface area contributed by atoms with Gasteiger partial charge >= 0.3 is 0 Å². The summed E-state index contributed by atoms with van der Waals surface area (Å²) in [5.74, 6) is 1.95. The van der Waals surface area contributed by atoms with Gasteiger partial charge in [-0.05, 0) is 78.5 Å². The first-order valence-corrected chi connectivity index (χ1v) is 17.6. The van der Waals surface area contributed by atoms with Crippen LogP contribution in [-0.2, 0) is 0 Å². The Bertz CT molecular complexity index is 3060. The number of hydrogen-bond acceptors (Lipinski definition) is 4. The molecule has 0 amide bonds. The molecule has 0 unspecified atom stereocenters. The fourth-order valence-corrected chi connectivity index (χ4v) is 8.07. The van der Waals surface area contributed by atoms with Crippen LogP contribution < -0.4 is 0 Å². The molecule has 0 N–H and O–H groups in total. The average molecular weight is 661 g/mol. The van der Waals surface area contributed by atoms with Crippen LogP contribution in [0.15, 0.2) is 170 Å². The van der Waals surface area contributed by atoms with Crippen LogP contribution >= 0.6 is 0 Å². The van der Waals surface area contributed by atoms with Crippen molar-refractivity contribution in [3.8, 4) is 67.5 Å². The molecule has 1 aliphatic carbocycles. The van der Waals surface area contributed by atoms with Crippen molar-refractivity contribution in [2.45, 2.75) is 0 Å². The van der Waals surface area contributed by atoms with Crippen molar-refractivity contribution in [2.75, 3.05) is 0 Å². The van der Waals surface area contributed by atoms with E-state index in [1.54, 1.807) is 0 Å². The lowest BCUT2D eigenvalue weighted by molar-refractivity contribution is 1.07. The van der Waals surface area contributed by atoms with Gasteiger partial charge in [-0.2, -0.15) is 0 Å². The number of fused-ring (bicyclic) bond motifs is 8. The molecule has 0 saturated heterocycles. The van der Waals surface area contributed by atoms with Crippen LogP contribution in [0.3, 0.4) is 0 Å². The third kappa shape index (κ3) is 4.41. The summed E-state index contributed by atoms with van der Waals surface area (Å²) >= 11 is 0. The van der Waals surface area contributed by atoms with Crippen LogP contribution in [0.25, 0.3) is 111 Å². The van der Waals surface area contributed by atoms with E-state index in [1.807, 2.05) is 30.5 Å². The Hall–Kier alpha value is -7.04. The van der Waals surface area contributed by atoms with Gasteiger partial charge in [-0.25, -0.2) is 15.0 Å². The van der Waals surface area contributed by atoms with Crippen molar-refractivity contribution in [1.29, 1.82) is 0 Å². The predicted octanol–water partition coefficient (Wildman–Crippen LogP) is 12.2. The van der Waals surface area contributed by atoms with Crippen molar-refractivity contribution >= 4 is 43.2 Å². The molecule has 240 valence electrons. The minimum absolute atomic E-state index is 0.641. The second-order valence-electron chi connectivity index (χ2n) is 13.4. The summed E-state index contributed by atoms with van der Waals surface area (Å²) < 4.78 is 0. The first-order valence-electron chi connectivity index (χ1n) is 17.6. The average Bonchev–Trinajstić information content (AvgIpc) is 3.55. The summed E-state index contributed by atoms with van der Waals surface area (Å²) in [7, 11) is 0. The first kappa shape index (κ1) is 28.8. The van der Waals surface area contributed by atoms with Gasteiger partial charge < -0.3 is 0 Å². The fraction of sp³-hybridized carbons (Fsp3) is 0. The molecular formula is C48H28N4. The highest BCUT2D eigenvalue weighted by Gasteiger charge is 2.23. The summed E-state index contributed by atoms with van der Waals surface area (Å²) in [4.78, 5) is 20.0. The maximum atomic E-state index is 5.15. The van der Waals surface area contributed by atoms with E-state index in [2.05, 4.69) is 140 Å². The molecule has 8 aromatic carbocycles. The molecule has 11 rings (SSSR count). The molecule has 2 heterocycles. The van der Waals surface area contributed by atoms with Crippen LogP contribution in [0.1, 0.15) is 0 Å². The largest absolute Gasteiger partial charge is 0.256 e. The zero-order valence-electron chi connectivity index (χ0n) is 28.0. The Labute approximate surface area is 299 Å². The highest BCUT2D eigenvalue weighted by Crippen LogP contribution is 2.48. The SMILES string of the molecule is c1ccc(-c2nc(-c3ccc(-c4cccc5ccc6c(ccc7cccnc76)c45)cc3)nc(-c3cc4c5c(cccc5c3)-c3ccccc3-4)n2)cc1. The van der Waals surface area contributed by atoms with E-state index in [1.165, 1.54) is 54.7 Å². The van der Waals surface area contributed by atoms with Crippen molar-refractivity contribution in [3.05, 3.63) is 170 Å². The molecule has 0 bridgehead atoms. The molecule has 1 aliphatic rings. The smallest absolute Gasteiger partial charge is 0.164 e. The standard InChI is InChI=1S/C48H28N4/c1-2-9-32(10-3-1)46-50-47(52-48(51-46)35-27-34-12-7-17-39-37-14-4-5-15-38(37)42(28-35)44(34)39)33-20-18-29(19-21-33)36-16-6-11-30-22-25-41-40(43(30)36)24-23-31-13-8-26-49-45(31)41/h1-28H. The summed E-state index contributed by atoms with van der Waals surface area (Å²) in [5.41, 5.74) is 11.2. The van der Waals surface area contributed by atoms with Crippen LogP contribution in [0.4, 0.5) is 0 Å². The van der Waals surface area contributed by atoms with Gasteiger partial charge in [-0.1, -0.05) is 146 Å². The Morgan fingerprint density at radius 3 is 1.71 bits per heavy atom. The van der Waals surface area contributed by atoms with Crippen LogP contribution in [-0.4, -0.2) is 19.9 Å². The zero-order valence-corrected chi connectivity index (χ0v) is 28.0. The molecule has 2 aromatic heterocycles. The van der Waals surface area contributed by atoms with Crippen LogP contribution in [0.5, 0.6) is 0 Å².